The van der Waals surface area contributed by atoms with Crippen molar-refractivity contribution in [3.63, 3.8) is 0 Å². The van der Waals surface area contributed by atoms with Crippen LogP contribution in [0.1, 0.15) is 33.3 Å². The fourth-order valence-corrected chi connectivity index (χ4v) is 1.94. The van der Waals surface area contributed by atoms with E-state index >= 15 is 0 Å². The van der Waals surface area contributed by atoms with E-state index in [1.807, 2.05) is 0 Å². The first-order valence-electron chi connectivity index (χ1n) is 7.09. The lowest BCUT2D eigenvalue weighted by Gasteiger charge is -2.21. The number of ether oxygens (including phenoxy) is 3. The van der Waals surface area contributed by atoms with E-state index in [0.717, 1.165) is 5.56 Å². The van der Waals surface area contributed by atoms with Crippen molar-refractivity contribution in [2.24, 2.45) is 0 Å². The lowest BCUT2D eigenvalue weighted by atomic mass is 10.1. The van der Waals surface area contributed by atoms with E-state index in [2.05, 4.69) is 5.32 Å². The molecule has 1 unspecified atom stereocenters. The Morgan fingerprint density at radius 3 is 2.23 bits per heavy atom. The maximum atomic E-state index is 12.0. The van der Waals surface area contributed by atoms with E-state index in [9.17, 15) is 9.90 Å². The van der Waals surface area contributed by atoms with Crippen LogP contribution in [0.2, 0.25) is 0 Å². The van der Waals surface area contributed by atoms with Crippen LogP contribution in [-0.2, 0) is 11.2 Å². The largest absolute Gasteiger partial charge is 0.493 e. The van der Waals surface area contributed by atoms with Crippen LogP contribution in [0.3, 0.4) is 0 Å². The van der Waals surface area contributed by atoms with Gasteiger partial charge in [-0.1, -0.05) is 0 Å². The van der Waals surface area contributed by atoms with Gasteiger partial charge in [0.25, 0.3) is 0 Å². The number of anilines is 1. The molecular weight excluding hydrogens is 286 g/mol. The molecule has 0 bridgehead atoms. The number of aliphatic hydroxyl groups is 1. The van der Waals surface area contributed by atoms with Gasteiger partial charge in [0.05, 0.1) is 26.0 Å². The van der Waals surface area contributed by atoms with Crippen LogP contribution in [0.4, 0.5) is 10.5 Å². The van der Waals surface area contributed by atoms with Crippen LogP contribution in [0.25, 0.3) is 0 Å². The zero-order valence-electron chi connectivity index (χ0n) is 14.0. The standard InChI is InChI=1S/C16H25NO5/c1-10(18)7-11-8-13(20-5)14(21-6)9-12(11)17-15(19)22-16(2,3)4/h8-10,18H,7H2,1-6H3,(H,17,19). The van der Waals surface area contributed by atoms with Crippen LogP contribution in [0.5, 0.6) is 11.5 Å². The number of nitrogens with one attached hydrogen (secondary N) is 1. The molecule has 1 aromatic carbocycles. The molecule has 0 saturated carbocycles. The van der Waals surface area contributed by atoms with E-state index in [-0.39, 0.29) is 0 Å². The zero-order chi connectivity index (χ0) is 16.9. The molecule has 0 aliphatic rings. The normalized spacial score (nSPS) is 12.5. The summed E-state index contributed by atoms with van der Waals surface area (Å²) in [4.78, 5) is 12.0. The second-order valence-corrected chi connectivity index (χ2v) is 6.04. The van der Waals surface area contributed by atoms with Crippen molar-refractivity contribution in [1.29, 1.82) is 0 Å². The first-order valence-corrected chi connectivity index (χ1v) is 7.09. The van der Waals surface area contributed by atoms with Crippen LogP contribution in [0, 0.1) is 0 Å². The second kappa shape index (κ2) is 7.35. The highest BCUT2D eigenvalue weighted by Gasteiger charge is 2.19. The molecule has 22 heavy (non-hydrogen) atoms. The summed E-state index contributed by atoms with van der Waals surface area (Å²) in [5, 5.41) is 12.3. The first-order chi connectivity index (χ1) is 10.2. The molecule has 0 spiro atoms. The number of benzene rings is 1. The molecule has 6 heteroatoms. The molecule has 0 fully saturated rings. The van der Waals surface area contributed by atoms with E-state index < -0.39 is 17.8 Å². The van der Waals surface area contributed by atoms with Crippen molar-refractivity contribution < 1.29 is 24.1 Å². The van der Waals surface area contributed by atoms with Crippen LogP contribution >= 0.6 is 0 Å². The number of carbonyl (C=O) groups excluding carboxylic acids is 1. The third-order valence-corrected chi connectivity index (χ3v) is 2.76. The van der Waals surface area contributed by atoms with Crippen LogP contribution in [0.15, 0.2) is 12.1 Å². The second-order valence-electron chi connectivity index (χ2n) is 6.04. The van der Waals surface area contributed by atoms with Gasteiger partial charge in [0.2, 0.25) is 0 Å². The van der Waals surface area contributed by atoms with E-state index in [1.54, 1.807) is 39.8 Å². The minimum atomic E-state index is -0.592. The Hall–Kier alpha value is -1.95. The molecular formula is C16H25NO5. The monoisotopic (exact) mass is 311 g/mol. The Bertz CT molecular complexity index is 520. The number of hydrogen-bond acceptors (Lipinski definition) is 5. The van der Waals surface area contributed by atoms with Gasteiger partial charge in [-0.15, -0.1) is 0 Å². The molecule has 1 amide bonds. The van der Waals surface area contributed by atoms with E-state index in [4.69, 9.17) is 14.2 Å². The van der Waals surface area contributed by atoms with Gasteiger partial charge in [0.15, 0.2) is 11.5 Å². The number of hydrogen-bond donors (Lipinski definition) is 2. The Labute approximate surface area is 131 Å². The van der Waals surface area contributed by atoms with E-state index in [1.165, 1.54) is 14.2 Å². The molecule has 0 heterocycles. The smallest absolute Gasteiger partial charge is 0.412 e. The van der Waals surface area contributed by atoms with Crippen LogP contribution < -0.4 is 14.8 Å². The summed E-state index contributed by atoms with van der Waals surface area (Å²) in [7, 11) is 3.05. The Morgan fingerprint density at radius 1 is 1.23 bits per heavy atom. The number of carbonyl (C=O) groups is 1. The zero-order valence-corrected chi connectivity index (χ0v) is 14.0. The molecule has 0 radical (unpaired) electrons. The Kier molecular flexibility index (Phi) is 6.05. The molecule has 2 N–H and O–H groups in total. The van der Waals surface area contributed by atoms with E-state index in [0.29, 0.717) is 23.6 Å². The average Bonchev–Trinajstić information content (AvgIpc) is 2.37. The highest BCUT2D eigenvalue weighted by molar-refractivity contribution is 5.86. The number of aliphatic hydroxyl groups excluding tert-OH is 1. The van der Waals surface area contributed by atoms with Crippen molar-refractivity contribution in [3.8, 4) is 11.5 Å². The van der Waals surface area contributed by atoms with Crippen molar-refractivity contribution in [1.82, 2.24) is 0 Å². The topological polar surface area (TPSA) is 77.0 Å². The lowest BCUT2D eigenvalue weighted by molar-refractivity contribution is 0.0635. The summed E-state index contributed by atoms with van der Waals surface area (Å²) in [6, 6.07) is 3.39. The predicted molar refractivity (Wildman–Crippen MR) is 84.8 cm³/mol. The van der Waals surface area contributed by atoms with Gasteiger partial charge in [0.1, 0.15) is 5.60 Å². The van der Waals surface area contributed by atoms with Gasteiger partial charge in [-0.3, -0.25) is 5.32 Å². The number of methoxy groups -OCH3 is 2. The lowest BCUT2D eigenvalue weighted by Crippen LogP contribution is -2.27. The number of rotatable bonds is 5. The van der Waals surface area contributed by atoms with Gasteiger partial charge < -0.3 is 19.3 Å². The van der Waals surface area contributed by atoms with Crippen LogP contribution in [-0.4, -0.2) is 37.1 Å². The summed E-state index contributed by atoms with van der Waals surface area (Å²) in [5.74, 6) is 1.02. The number of amides is 1. The third-order valence-electron chi connectivity index (χ3n) is 2.76. The minimum absolute atomic E-state index is 0.367. The highest BCUT2D eigenvalue weighted by Crippen LogP contribution is 2.34. The summed E-state index contributed by atoms with van der Waals surface area (Å²) >= 11 is 0. The maximum absolute atomic E-state index is 12.0. The van der Waals surface area contributed by atoms with Crippen molar-refractivity contribution in [2.45, 2.75) is 45.8 Å². The fourth-order valence-electron chi connectivity index (χ4n) is 1.94. The molecule has 1 aromatic rings. The molecule has 1 atom stereocenters. The van der Waals surface area contributed by atoms with Gasteiger partial charge in [0, 0.05) is 12.5 Å². The Balaban J connectivity index is 3.11. The molecule has 1 rings (SSSR count). The Morgan fingerprint density at radius 2 is 1.77 bits per heavy atom. The SMILES string of the molecule is COc1cc(CC(C)O)c(NC(=O)OC(C)(C)C)cc1OC. The first kappa shape index (κ1) is 18.1. The van der Waals surface area contributed by atoms with Crippen molar-refractivity contribution in [3.05, 3.63) is 17.7 Å². The molecule has 0 aliphatic heterocycles. The minimum Gasteiger partial charge on any atom is -0.493 e. The average molecular weight is 311 g/mol. The van der Waals surface area contributed by atoms with Gasteiger partial charge in [-0.25, -0.2) is 4.79 Å². The molecule has 0 aromatic heterocycles. The highest BCUT2D eigenvalue weighted by atomic mass is 16.6. The van der Waals surface area contributed by atoms with Crippen molar-refractivity contribution >= 4 is 11.8 Å². The molecule has 124 valence electrons. The molecule has 6 nitrogen and oxygen atoms in total. The summed E-state index contributed by atoms with van der Waals surface area (Å²) in [6.45, 7) is 7.04. The van der Waals surface area contributed by atoms with Crippen molar-refractivity contribution in [2.75, 3.05) is 19.5 Å². The van der Waals surface area contributed by atoms with Gasteiger partial charge in [-0.2, -0.15) is 0 Å². The van der Waals surface area contributed by atoms with Gasteiger partial charge in [-0.05, 0) is 39.3 Å². The quantitative estimate of drug-likeness (QED) is 0.874. The third kappa shape index (κ3) is 5.44. The molecule has 0 saturated heterocycles. The fraction of sp³-hybridized carbons (Fsp3) is 0.562. The summed E-state index contributed by atoms with van der Waals surface area (Å²) in [5.41, 5.74) is 0.664. The summed E-state index contributed by atoms with van der Waals surface area (Å²) in [6.07, 6.45) is -0.755. The summed E-state index contributed by atoms with van der Waals surface area (Å²) < 4.78 is 15.7. The molecule has 0 aliphatic carbocycles. The van der Waals surface area contributed by atoms with Gasteiger partial charge >= 0.3 is 6.09 Å². The predicted octanol–water partition coefficient (Wildman–Crippen LogP) is 2.97. The maximum Gasteiger partial charge on any atom is 0.412 e.